The molecule has 5 nitrogen and oxygen atoms in total. The number of nitrogens with one attached hydrogen (secondary N) is 1. The lowest BCUT2D eigenvalue weighted by atomic mass is 10.2. The average Bonchev–Trinajstić information content (AvgIpc) is 2.79. The summed E-state index contributed by atoms with van der Waals surface area (Å²) in [7, 11) is 0. The lowest BCUT2D eigenvalue weighted by Gasteiger charge is -2.09. The van der Waals surface area contributed by atoms with E-state index in [0.717, 1.165) is 16.6 Å². The van der Waals surface area contributed by atoms with E-state index in [2.05, 4.69) is 28.3 Å². The maximum Gasteiger partial charge on any atom is 0.308 e. The maximum absolute atomic E-state index is 10.8. The Balaban J connectivity index is 2.22. The van der Waals surface area contributed by atoms with Crippen molar-refractivity contribution in [3.63, 3.8) is 0 Å². The maximum atomic E-state index is 10.8. The quantitative estimate of drug-likeness (QED) is 0.868. The molecule has 2 aromatic heterocycles. The van der Waals surface area contributed by atoms with Crippen LogP contribution in [0.4, 0.5) is 5.82 Å². The van der Waals surface area contributed by atoms with E-state index in [1.54, 1.807) is 18.3 Å². The standard InChI is InChI=1S/C12H15N3O2S/c1-3-8-4-9-10(13-5-7(2)12(16)17)14-6-15-11(9)18-8/h4,6-7H,3,5H2,1-2H3,(H,16,17)(H,13,14,15). The third-order valence-electron chi connectivity index (χ3n) is 2.73. The van der Waals surface area contributed by atoms with Crippen LogP contribution in [0.15, 0.2) is 12.4 Å². The molecule has 0 saturated carbocycles. The van der Waals surface area contributed by atoms with E-state index in [-0.39, 0.29) is 0 Å². The number of carboxylic acid groups (broad SMARTS) is 1. The van der Waals surface area contributed by atoms with Crippen LogP contribution < -0.4 is 5.32 Å². The molecule has 0 amide bonds. The summed E-state index contributed by atoms with van der Waals surface area (Å²) in [6.07, 6.45) is 2.47. The smallest absolute Gasteiger partial charge is 0.308 e. The van der Waals surface area contributed by atoms with Crippen molar-refractivity contribution in [2.75, 3.05) is 11.9 Å². The minimum atomic E-state index is -0.813. The summed E-state index contributed by atoms with van der Waals surface area (Å²) in [5, 5.41) is 12.9. The summed E-state index contributed by atoms with van der Waals surface area (Å²) in [5.74, 6) is -0.546. The van der Waals surface area contributed by atoms with Gasteiger partial charge in [0.2, 0.25) is 0 Å². The molecule has 1 unspecified atom stereocenters. The summed E-state index contributed by atoms with van der Waals surface area (Å²) < 4.78 is 0. The second kappa shape index (κ2) is 5.30. The summed E-state index contributed by atoms with van der Waals surface area (Å²) in [6.45, 7) is 4.12. The predicted molar refractivity (Wildman–Crippen MR) is 72.1 cm³/mol. The molecule has 2 heterocycles. The average molecular weight is 265 g/mol. The molecule has 0 aliphatic heterocycles. The van der Waals surface area contributed by atoms with Gasteiger partial charge in [0.25, 0.3) is 0 Å². The molecule has 0 aliphatic rings. The first kappa shape index (κ1) is 12.8. The second-order valence-corrected chi connectivity index (χ2v) is 5.24. The normalized spacial score (nSPS) is 12.6. The van der Waals surface area contributed by atoms with Gasteiger partial charge in [-0.25, -0.2) is 9.97 Å². The van der Waals surface area contributed by atoms with Crippen LogP contribution >= 0.6 is 11.3 Å². The Morgan fingerprint density at radius 2 is 2.33 bits per heavy atom. The largest absolute Gasteiger partial charge is 0.481 e. The molecule has 0 aliphatic carbocycles. The van der Waals surface area contributed by atoms with Gasteiger partial charge in [-0.1, -0.05) is 13.8 Å². The number of nitrogens with zero attached hydrogens (tertiary/aromatic N) is 2. The number of hydrogen-bond donors (Lipinski definition) is 2. The number of fused-ring (bicyclic) bond motifs is 1. The number of aryl methyl sites for hydroxylation is 1. The first-order chi connectivity index (χ1) is 8.61. The number of hydrogen-bond acceptors (Lipinski definition) is 5. The molecular formula is C12H15N3O2S. The van der Waals surface area contributed by atoms with E-state index in [1.807, 2.05) is 0 Å². The molecule has 2 N–H and O–H groups in total. The van der Waals surface area contributed by atoms with E-state index in [0.29, 0.717) is 12.4 Å². The molecule has 2 aromatic rings. The molecule has 0 saturated heterocycles. The number of rotatable bonds is 5. The Hall–Kier alpha value is -1.69. The van der Waals surface area contributed by atoms with Crippen molar-refractivity contribution in [3.8, 4) is 0 Å². The fourth-order valence-corrected chi connectivity index (χ4v) is 2.49. The number of carboxylic acids is 1. The number of anilines is 1. The van der Waals surface area contributed by atoms with Crippen LogP contribution in [0.3, 0.4) is 0 Å². The molecule has 18 heavy (non-hydrogen) atoms. The fraction of sp³-hybridized carbons (Fsp3) is 0.417. The van der Waals surface area contributed by atoms with Gasteiger partial charge in [-0.3, -0.25) is 4.79 Å². The lowest BCUT2D eigenvalue weighted by molar-refractivity contribution is -0.140. The highest BCUT2D eigenvalue weighted by molar-refractivity contribution is 7.18. The van der Waals surface area contributed by atoms with Crippen molar-refractivity contribution in [2.45, 2.75) is 20.3 Å². The Bertz CT molecular complexity index is 567. The summed E-state index contributed by atoms with van der Waals surface area (Å²) in [5.41, 5.74) is 0. The van der Waals surface area contributed by atoms with Crippen LogP contribution in [-0.4, -0.2) is 27.6 Å². The van der Waals surface area contributed by atoms with Gasteiger partial charge in [0.15, 0.2) is 0 Å². The molecule has 0 bridgehead atoms. The second-order valence-electron chi connectivity index (χ2n) is 4.13. The third kappa shape index (κ3) is 2.59. The van der Waals surface area contributed by atoms with Crippen LogP contribution in [0.25, 0.3) is 10.2 Å². The van der Waals surface area contributed by atoms with Crippen molar-refractivity contribution in [1.82, 2.24) is 9.97 Å². The Morgan fingerprint density at radius 1 is 1.56 bits per heavy atom. The van der Waals surface area contributed by atoms with Gasteiger partial charge in [-0.15, -0.1) is 11.3 Å². The van der Waals surface area contributed by atoms with Crippen LogP contribution in [0.1, 0.15) is 18.7 Å². The van der Waals surface area contributed by atoms with Gasteiger partial charge in [-0.05, 0) is 12.5 Å². The van der Waals surface area contributed by atoms with Gasteiger partial charge in [-0.2, -0.15) is 0 Å². The van der Waals surface area contributed by atoms with E-state index < -0.39 is 11.9 Å². The molecule has 6 heteroatoms. The van der Waals surface area contributed by atoms with Gasteiger partial charge < -0.3 is 10.4 Å². The van der Waals surface area contributed by atoms with Gasteiger partial charge in [0, 0.05) is 11.4 Å². The number of aromatic nitrogens is 2. The van der Waals surface area contributed by atoms with Crippen LogP contribution in [0.5, 0.6) is 0 Å². The first-order valence-corrected chi connectivity index (χ1v) is 6.63. The van der Waals surface area contributed by atoms with Crippen molar-refractivity contribution in [3.05, 3.63) is 17.3 Å². The molecule has 0 spiro atoms. The summed E-state index contributed by atoms with van der Waals surface area (Å²) in [6, 6.07) is 2.06. The van der Waals surface area contributed by atoms with Crippen molar-refractivity contribution in [2.24, 2.45) is 5.92 Å². The van der Waals surface area contributed by atoms with Crippen LogP contribution in [0, 0.1) is 5.92 Å². The minimum Gasteiger partial charge on any atom is -0.481 e. The number of aliphatic carboxylic acids is 1. The number of carbonyl (C=O) groups is 1. The Kier molecular flexibility index (Phi) is 3.76. The van der Waals surface area contributed by atoms with Crippen molar-refractivity contribution < 1.29 is 9.90 Å². The molecule has 2 rings (SSSR count). The topological polar surface area (TPSA) is 75.1 Å². The zero-order valence-corrected chi connectivity index (χ0v) is 11.1. The highest BCUT2D eigenvalue weighted by atomic mass is 32.1. The summed E-state index contributed by atoms with van der Waals surface area (Å²) in [4.78, 5) is 21.4. The van der Waals surface area contributed by atoms with E-state index >= 15 is 0 Å². The molecule has 0 aromatic carbocycles. The first-order valence-electron chi connectivity index (χ1n) is 5.82. The van der Waals surface area contributed by atoms with Crippen LogP contribution in [-0.2, 0) is 11.2 Å². The van der Waals surface area contributed by atoms with Crippen LogP contribution in [0.2, 0.25) is 0 Å². The SMILES string of the molecule is CCc1cc2c(NCC(C)C(=O)O)ncnc2s1. The lowest BCUT2D eigenvalue weighted by Crippen LogP contribution is -2.20. The molecule has 96 valence electrons. The van der Waals surface area contributed by atoms with Gasteiger partial charge in [0.1, 0.15) is 17.0 Å². The molecule has 1 atom stereocenters. The zero-order chi connectivity index (χ0) is 13.1. The molecular weight excluding hydrogens is 250 g/mol. The number of thiophene rings is 1. The predicted octanol–water partition coefficient (Wildman–Crippen LogP) is 2.39. The molecule has 0 fully saturated rings. The molecule has 0 radical (unpaired) electrons. The van der Waals surface area contributed by atoms with E-state index in [9.17, 15) is 4.79 Å². The van der Waals surface area contributed by atoms with Gasteiger partial charge in [0.05, 0.1) is 11.3 Å². The Labute approximate surface area is 109 Å². The highest BCUT2D eigenvalue weighted by Crippen LogP contribution is 2.28. The zero-order valence-electron chi connectivity index (χ0n) is 10.3. The summed E-state index contributed by atoms with van der Waals surface area (Å²) >= 11 is 1.64. The monoisotopic (exact) mass is 265 g/mol. The highest BCUT2D eigenvalue weighted by Gasteiger charge is 2.12. The van der Waals surface area contributed by atoms with Crippen molar-refractivity contribution >= 4 is 33.3 Å². The minimum absolute atomic E-state index is 0.360. The van der Waals surface area contributed by atoms with Crippen molar-refractivity contribution in [1.29, 1.82) is 0 Å². The fourth-order valence-electron chi connectivity index (χ4n) is 1.56. The van der Waals surface area contributed by atoms with E-state index in [1.165, 1.54) is 11.2 Å². The Morgan fingerprint density at radius 3 is 3.00 bits per heavy atom. The van der Waals surface area contributed by atoms with Gasteiger partial charge >= 0.3 is 5.97 Å². The van der Waals surface area contributed by atoms with E-state index in [4.69, 9.17) is 5.11 Å². The third-order valence-corrected chi connectivity index (χ3v) is 3.91.